The van der Waals surface area contributed by atoms with E-state index in [9.17, 15) is 19.2 Å². The molecule has 1 aromatic carbocycles. The zero-order chi connectivity index (χ0) is 35.7. The number of carboxylic acid groups (broad SMARTS) is 3. The highest BCUT2D eigenvalue weighted by Crippen LogP contribution is 2.11. The Balaban J connectivity index is -0.0000000706. The van der Waals surface area contributed by atoms with E-state index in [1.807, 2.05) is 18.2 Å². The number of hydrogen-bond donors (Lipinski definition) is 10. The summed E-state index contributed by atoms with van der Waals surface area (Å²) < 4.78 is 4.18. The molecule has 0 radical (unpaired) electrons. The molecule has 0 unspecified atom stereocenters. The Morgan fingerprint density at radius 3 is 1.07 bits per heavy atom. The molecule has 0 bridgehead atoms. The maximum absolute atomic E-state index is 9.60. The summed E-state index contributed by atoms with van der Waals surface area (Å²) in [5, 5.41) is 67.6. The molecule has 43 heavy (non-hydrogen) atoms. The van der Waals surface area contributed by atoms with Crippen molar-refractivity contribution in [1.29, 1.82) is 10.8 Å². The first-order valence-corrected chi connectivity index (χ1v) is 11.1. The fourth-order valence-corrected chi connectivity index (χ4v) is 0.977. The summed E-state index contributed by atoms with van der Waals surface area (Å²) in [6.45, 7) is 11.4. The van der Waals surface area contributed by atoms with Crippen molar-refractivity contribution in [2.45, 2.75) is 13.8 Å². The molecular formula is C26H41N3O14. The van der Waals surface area contributed by atoms with Crippen LogP contribution in [0, 0.1) is 23.2 Å². The minimum absolute atomic E-state index is 0.356. The zero-order valence-electron chi connectivity index (χ0n) is 23.8. The van der Waals surface area contributed by atoms with Gasteiger partial charge in [-0.1, -0.05) is 55.6 Å². The van der Waals surface area contributed by atoms with Crippen LogP contribution in [0.25, 0.3) is 0 Å². The molecule has 1 amide bonds. The molecule has 244 valence electrons. The van der Waals surface area contributed by atoms with E-state index in [-0.39, 0.29) is 0 Å². The Bertz CT molecular complexity index is 850. The lowest BCUT2D eigenvalue weighted by Gasteiger charge is -2.23. The number of nitrogens with two attached hydrogens (primary N) is 1. The van der Waals surface area contributed by atoms with Crippen LogP contribution < -0.4 is 5.73 Å². The number of carbonyl (C=O) groups excluding carboxylic acids is 3. The smallest absolute Gasteiger partial charge is 0.404 e. The Kier molecular flexibility index (Phi) is 58.4. The van der Waals surface area contributed by atoms with Crippen LogP contribution >= 0.6 is 0 Å². The molecule has 0 heterocycles. The van der Waals surface area contributed by atoms with Crippen molar-refractivity contribution in [2.75, 3.05) is 33.0 Å². The molecule has 11 N–H and O–H groups in total. The molecule has 0 spiro atoms. The monoisotopic (exact) mass is 619 g/mol. The first-order valence-electron chi connectivity index (χ1n) is 11.1. The molecule has 1 rings (SSSR count). The second-order valence-electron chi connectivity index (χ2n) is 6.37. The Morgan fingerprint density at radius 1 is 0.791 bits per heavy atom. The molecule has 0 aromatic heterocycles. The van der Waals surface area contributed by atoms with Gasteiger partial charge in [0.1, 0.15) is 0 Å². The van der Waals surface area contributed by atoms with Gasteiger partial charge in [-0.05, 0) is 13.8 Å². The molecule has 1 aromatic rings. The van der Waals surface area contributed by atoms with E-state index in [1.54, 1.807) is 6.92 Å². The summed E-state index contributed by atoms with van der Waals surface area (Å²) in [6.07, 6.45) is 3.29. The van der Waals surface area contributed by atoms with Gasteiger partial charge in [-0.25, -0.2) is 39.6 Å². The molecule has 17 nitrogen and oxygen atoms in total. The third-order valence-corrected chi connectivity index (χ3v) is 3.09. The number of primary amides is 1. The van der Waals surface area contributed by atoms with E-state index >= 15 is 0 Å². The highest BCUT2D eigenvalue weighted by atomic mass is 16.5. The van der Waals surface area contributed by atoms with Crippen LogP contribution in [0.1, 0.15) is 12.5 Å². The van der Waals surface area contributed by atoms with Crippen LogP contribution in [-0.4, -0.2) is 105 Å². The lowest BCUT2D eigenvalue weighted by Crippen LogP contribution is -2.37. The van der Waals surface area contributed by atoms with Gasteiger partial charge in [0.15, 0.2) is 0 Å². The van der Waals surface area contributed by atoms with Gasteiger partial charge in [0, 0.05) is 18.2 Å². The number of aliphatic hydroxyl groups excluding tert-OH is 4. The summed E-state index contributed by atoms with van der Waals surface area (Å²) in [5.41, 5.74) is 4.75. The third kappa shape index (κ3) is 78.7. The number of carbonyl (C=O) groups is 4. The minimum atomic E-state index is -1.11. The lowest BCUT2D eigenvalue weighted by molar-refractivity contribution is -0.132. The fourth-order valence-electron chi connectivity index (χ4n) is 0.977. The summed E-state index contributed by atoms with van der Waals surface area (Å²) >= 11 is 0. The van der Waals surface area contributed by atoms with Gasteiger partial charge in [-0.15, -0.1) is 0 Å². The number of amides is 1. The molecular weight excluding hydrogens is 578 g/mol. The maximum Gasteiger partial charge on any atom is 0.404 e. The minimum Gasteiger partial charge on any atom is -0.478 e. The van der Waals surface area contributed by atoms with Crippen molar-refractivity contribution in [1.82, 2.24) is 0 Å². The highest BCUT2D eigenvalue weighted by molar-refractivity contribution is 5.79. The Morgan fingerprint density at radius 2 is 1.02 bits per heavy atom. The number of ether oxygens (including phenoxy) is 1. The SMILES string of the molecule is C=CC(=O)O.C=CC(=O)O.C=CC(=O)O.CCOC(N)=O.Cc1ccccc1.N=C=O.N=C=O.OCC(CO)(CO)CO. The molecule has 0 saturated carbocycles. The topological polar surface area (TPSA) is 327 Å². The van der Waals surface area contributed by atoms with Gasteiger partial charge in [-0.2, -0.15) is 0 Å². The van der Waals surface area contributed by atoms with Crippen molar-refractivity contribution in [3.8, 4) is 0 Å². The van der Waals surface area contributed by atoms with Crippen LogP contribution in [0.4, 0.5) is 4.79 Å². The summed E-state index contributed by atoms with van der Waals surface area (Å²) in [5.74, 6) is -2.94. The predicted octanol–water partition coefficient (Wildman–Crippen LogP) is 0.612. The average Bonchev–Trinajstić information content (AvgIpc) is 2.97. The first kappa shape index (κ1) is 53.9. The van der Waals surface area contributed by atoms with E-state index in [4.69, 9.17) is 56.2 Å². The number of hydrogen-bond acceptors (Lipinski definition) is 13. The quantitative estimate of drug-likeness (QED) is 0.108. The number of isocyanates is 2. The number of aryl methyl sites for hydroxylation is 1. The fraction of sp³-hybridized carbons (Fsp3) is 0.308. The van der Waals surface area contributed by atoms with Crippen molar-refractivity contribution >= 4 is 36.2 Å². The largest absolute Gasteiger partial charge is 0.478 e. The number of aliphatic hydroxyl groups is 4. The maximum atomic E-state index is 9.60. The standard InChI is InChI=1S/C7H8.C5H12O4.C3H7NO2.3C3H4O2.2CHNO/c1-7-5-3-2-4-6-7;6-1-5(2-7,3-8)4-9;1-2-6-3(4)5;3*1-2-3(4)5;2*2-1-3/h2-6H,1H3;6-9H,1-4H2;2H2,1H3,(H2,4,5);3*2H,1H2,(H,4,5);2*2H. The number of rotatable bonds is 8. The van der Waals surface area contributed by atoms with E-state index in [0.29, 0.717) is 6.61 Å². The summed E-state index contributed by atoms with van der Waals surface area (Å²) in [6, 6.07) is 10.3. The normalized spacial score (nSPS) is 7.58. The molecule has 0 aliphatic carbocycles. The van der Waals surface area contributed by atoms with Crippen molar-refractivity contribution in [2.24, 2.45) is 11.1 Å². The summed E-state index contributed by atoms with van der Waals surface area (Å²) in [4.78, 5) is 54.0. The van der Waals surface area contributed by atoms with Gasteiger partial charge < -0.3 is 46.2 Å². The van der Waals surface area contributed by atoms with Crippen molar-refractivity contribution in [3.63, 3.8) is 0 Å². The Hall–Kier alpha value is -5.28. The van der Waals surface area contributed by atoms with Gasteiger partial charge in [0.25, 0.3) is 0 Å². The van der Waals surface area contributed by atoms with Crippen molar-refractivity contribution < 1.29 is 69.2 Å². The molecule has 0 saturated heterocycles. The number of nitrogens with one attached hydrogen (secondary N) is 2. The number of carboxylic acids is 3. The van der Waals surface area contributed by atoms with E-state index in [2.05, 4.69) is 49.3 Å². The van der Waals surface area contributed by atoms with Crippen LogP contribution in [0.5, 0.6) is 0 Å². The van der Waals surface area contributed by atoms with E-state index in [1.165, 1.54) is 5.56 Å². The van der Waals surface area contributed by atoms with Gasteiger partial charge >= 0.3 is 24.0 Å². The first-order chi connectivity index (χ1) is 20.0. The van der Waals surface area contributed by atoms with Crippen LogP contribution in [0.3, 0.4) is 0 Å². The van der Waals surface area contributed by atoms with E-state index in [0.717, 1.165) is 30.4 Å². The van der Waals surface area contributed by atoms with Crippen LogP contribution in [0.2, 0.25) is 0 Å². The Labute approximate surface area is 248 Å². The zero-order valence-corrected chi connectivity index (χ0v) is 23.8. The van der Waals surface area contributed by atoms with Crippen LogP contribution in [-0.2, 0) is 28.7 Å². The predicted molar refractivity (Wildman–Crippen MR) is 153 cm³/mol. The van der Waals surface area contributed by atoms with Gasteiger partial charge in [-0.3, -0.25) is 0 Å². The highest BCUT2D eigenvalue weighted by Gasteiger charge is 2.26. The van der Waals surface area contributed by atoms with Crippen LogP contribution in [0.15, 0.2) is 68.3 Å². The summed E-state index contributed by atoms with van der Waals surface area (Å²) in [7, 11) is 0. The molecule has 0 atom stereocenters. The third-order valence-electron chi connectivity index (χ3n) is 3.09. The molecule has 0 aliphatic heterocycles. The van der Waals surface area contributed by atoms with Gasteiger partial charge in [0.05, 0.1) is 38.4 Å². The number of aliphatic carboxylic acids is 3. The van der Waals surface area contributed by atoms with Crippen molar-refractivity contribution in [3.05, 3.63) is 73.9 Å². The van der Waals surface area contributed by atoms with E-state index < -0.39 is 55.8 Å². The molecule has 17 heteroatoms. The molecule has 0 aliphatic rings. The second-order valence-corrected chi connectivity index (χ2v) is 6.37. The average molecular weight is 620 g/mol. The van der Waals surface area contributed by atoms with Gasteiger partial charge in [0.2, 0.25) is 12.2 Å². The second kappa shape index (κ2) is 46.6. The molecule has 0 fully saturated rings. The lowest BCUT2D eigenvalue weighted by atomic mass is 9.93. The number of benzene rings is 1.